The molecule has 20 heavy (non-hydrogen) atoms. The van der Waals surface area contributed by atoms with E-state index in [9.17, 15) is 4.79 Å². The first kappa shape index (κ1) is 13.4. The number of hydrogen-bond donors (Lipinski definition) is 2. The van der Waals surface area contributed by atoms with Crippen LogP contribution in [0.5, 0.6) is 5.75 Å². The predicted molar refractivity (Wildman–Crippen MR) is 74.9 cm³/mol. The monoisotopic (exact) mass is 267 g/mol. The number of primary amides is 1. The Labute approximate surface area is 116 Å². The largest absolute Gasteiger partial charge is 0.488 e. The van der Waals surface area contributed by atoms with E-state index in [1.54, 1.807) is 30.3 Å². The molecule has 0 fully saturated rings. The van der Waals surface area contributed by atoms with Crippen molar-refractivity contribution in [3.05, 3.63) is 59.2 Å². The maximum Gasteiger partial charge on any atom is 0.252 e. The molecule has 0 unspecified atom stereocenters. The molecule has 5 nitrogen and oxygen atoms in total. The molecule has 5 heteroatoms. The lowest BCUT2D eigenvalue weighted by atomic mass is 10.1. The van der Waals surface area contributed by atoms with Gasteiger partial charge in [-0.15, -0.1) is 0 Å². The minimum atomic E-state index is -0.610. The number of hydrogen-bond acceptors (Lipinski definition) is 4. The quantitative estimate of drug-likeness (QED) is 0.825. The molecule has 0 saturated heterocycles. The van der Waals surface area contributed by atoms with Gasteiger partial charge in [0, 0.05) is 11.3 Å². The molecule has 0 saturated carbocycles. The Balaban J connectivity index is 2.24. The molecule has 0 heterocycles. The van der Waals surface area contributed by atoms with Gasteiger partial charge in [0.15, 0.2) is 0 Å². The Morgan fingerprint density at radius 3 is 2.70 bits per heavy atom. The van der Waals surface area contributed by atoms with Crippen LogP contribution in [0.2, 0.25) is 0 Å². The molecule has 0 spiro atoms. The van der Waals surface area contributed by atoms with E-state index >= 15 is 0 Å². The van der Waals surface area contributed by atoms with E-state index in [0.717, 1.165) is 5.56 Å². The van der Waals surface area contributed by atoms with Gasteiger partial charge >= 0.3 is 0 Å². The predicted octanol–water partition coefficient (Wildman–Crippen LogP) is 1.82. The van der Waals surface area contributed by atoms with Crippen LogP contribution in [-0.2, 0) is 6.61 Å². The van der Waals surface area contributed by atoms with Crippen LogP contribution in [0.4, 0.5) is 5.69 Å². The molecule has 0 radical (unpaired) electrons. The number of nitrogen functional groups attached to an aromatic ring is 1. The highest BCUT2D eigenvalue weighted by Gasteiger charge is 2.11. The fourth-order valence-corrected chi connectivity index (χ4v) is 1.78. The summed E-state index contributed by atoms with van der Waals surface area (Å²) in [7, 11) is 0. The zero-order valence-corrected chi connectivity index (χ0v) is 10.7. The van der Waals surface area contributed by atoms with Crippen LogP contribution in [0.25, 0.3) is 0 Å². The Hall–Kier alpha value is -3.00. The number of rotatable bonds is 4. The van der Waals surface area contributed by atoms with Crippen molar-refractivity contribution in [3.63, 3.8) is 0 Å². The van der Waals surface area contributed by atoms with Crippen molar-refractivity contribution in [2.24, 2.45) is 5.73 Å². The highest BCUT2D eigenvalue weighted by molar-refractivity contribution is 5.96. The van der Waals surface area contributed by atoms with Gasteiger partial charge in [-0.05, 0) is 24.3 Å². The van der Waals surface area contributed by atoms with Crippen LogP contribution in [0.1, 0.15) is 21.5 Å². The zero-order valence-electron chi connectivity index (χ0n) is 10.7. The highest BCUT2D eigenvalue weighted by Crippen LogP contribution is 2.22. The van der Waals surface area contributed by atoms with E-state index in [-0.39, 0.29) is 12.2 Å². The Morgan fingerprint density at radius 2 is 2.00 bits per heavy atom. The molecule has 2 aromatic rings. The standard InChI is InChI=1S/C15H13N3O2/c16-8-10-3-1-2-4-11(10)9-20-14-6-5-12(17)7-13(14)15(18)19/h1-7H,9,17H2,(H2,18,19). The second-order valence-corrected chi connectivity index (χ2v) is 4.18. The van der Waals surface area contributed by atoms with E-state index in [2.05, 4.69) is 6.07 Å². The SMILES string of the molecule is N#Cc1ccccc1COc1ccc(N)cc1C(N)=O. The first-order chi connectivity index (χ1) is 9.61. The summed E-state index contributed by atoms with van der Waals surface area (Å²) < 4.78 is 5.57. The van der Waals surface area contributed by atoms with Crippen molar-refractivity contribution in [1.82, 2.24) is 0 Å². The second kappa shape index (κ2) is 5.76. The fourth-order valence-electron chi connectivity index (χ4n) is 1.78. The van der Waals surface area contributed by atoms with Crippen molar-refractivity contribution in [1.29, 1.82) is 5.26 Å². The molecule has 2 rings (SSSR count). The number of carbonyl (C=O) groups excluding carboxylic acids is 1. The van der Waals surface area contributed by atoms with Crippen molar-refractivity contribution < 1.29 is 9.53 Å². The van der Waals surface area contributed by atoms with E-state index in [4.69, 9.17) is 21.5 Å². The van der Waals surface area contributed by atoms with Gasteiger partial charge in [-0.3, -0.25) is 4.79 Å². The lowest BCUT2D eigenvalue weighted by Gasteiger charge is -2.11. The number of ether oxygens (including phenoxy) is 1. The van der Waals surface area contributed by atoms with Crippen LogP contribution in [0.15, 0.2) is 42.5 Å². The lowest BCUT2D eigenvalue weighted by molar-refractivity contribution is 0.0996. The van der Waals surface area contributed by atoms with E-state index in [1.807, 2.05) is 6.07 Å². The van der Waals surface area contributed by atoms with Crippen molar-refractivity contribution >= 4 is 11.6 Å². The molecule has 1 amide bonds. The van der Waals surface area contributed by atoms with Crippen LogP contribution in [-0.4, -0.2) is 5.91 Å². The summed E-state index contributed by atoms with van der Waals surface area (Å²) in [6, 6.07) is 13.9. The molecule has 0 bridgehead atoms. The number of nitrogens with zero attached hydrogens (tertiary/aromatic N) is 1. The molecule has 0 atom stereocenters. The summed E-state index contributed by atoms with van der Waals surface area (Å²) in [6.07, 6.45) is 0. The minimum Gasteiger partial charge on any atom is -0.488 e. The summed E-state index contributed by atoms with van der Waals surface area (Å²) >= 11 is 0. The van der Waals surface area contributed by atoms with Gasteiger partial charge in [-0.25, -0.2) is 0 Å². The normalized spacial score (nSPS) is 9.75. The van der Waals surface area contributed by atoms with Crippen molar-refractivity contribution in [2.75, 3.05) is 5.73 Å². The first-order valence-corrected chi connectivity index (χ1v) is 5.92. The number of amides is 1. The average Bonchev–Trinajstić information content (AvgIpc) is 2.46. The number of carbonyl (C=O) groups is 1. The van der Waals surface area contributed by atoms with E-state index in [1.165, 1.54) is 6.07 Å². The Kier molecular flexibility index (Phi) is 3.87. The molecular formula is C15H13N3O2. The minimum absolute atomic E-state index is 0.175. The molecule has 0 aliphatic carbocycles. The summed E-state index contributed by atoms with van der Waals surface area (Å²) in [5.41, 5.74) is 12.8. The third-order valence-electron chi connectivity index (χ3n) is 2.79. The van der Waals surface area contributed by atoms with Crippen molar-refractivity contribution in [3.8, 4) is 11.8 Å². The number of nitriles is 1. The van der Waals surface area contributed by atoms with Gasteiger partial charge in [0.1, 0.15) is 12.4 Å². The third kappa shape index (κ3) is 2.87. The Bertz CT molecular complexity index is 690. The molecular weight excluding hydrogens is 254 g/mol. The van der Waals surface area contributed by atoms with Gasteiger partial charge in [0.2, 0.25) is 0 Å². The maximum atomic E-state index is 11.3. The number of benzene rings is 2. The van der Waals surface area contributed by atoms with Gasteiger partial charge < -0.3 is 16.2 Å². The van der Waals surface area contributed by atoms with Crippen LogP contribution < -0.4 is 16.2 Å². The second-order valence-electron chi connectivity index (χ2n) is 4.18. The molecule has 2 aromatic carbocycles. The fraction of sp³-hybridized carbons (Fsp3) is 0.0667. The van der Waals surface area contributed by atoms with Crippen LogP contribution in [0.3, 0.4) is 0 Å². The number of nitrogens with two attached hydrogens (primary N) is 2. The van der Waals surface area contributed by atoms with Crippen LogP contribution >= 0.6 is 0 Å². The summed E-state index contributed by atoms with van der Waals surface area (Å²) in [5.74, 6) is -0.264. The molecule has 4 N–H and O–H groups in total. The van der Waals surface area contributed by atoms with Crippen molar-refractivity contribution in [2.45, 2.75) is 6.61 Å². The summed E-state index contributed by atoms with van der Waals surface area (Å²) in [5, 5.41) is 9.00. The first-order valence-electron chi connectivity index (χ1n) is 5.92. The van der Waals surface area contributed by atoms with Crippen LogP contribution in [0, 0.1) is 11.3 Å². The van der Waals surface area contributed by atoms with Gasteiger partial charge in [-0.2, -0.15) is 5.26 Å². The molecule has 0 aromatic heterocycles. The zero-order chi connectivity index (χ0) is 14.5. The lowest BCUT2D eigenvalue weighted by Crippen LogP contribution is -2.13. The summed E-state index contributed by atoms with van der Waals surface area (Å²) in [6.45, 7) is 0.175. The van der Waals surface area contributed by atoms with Gasteiger partial charge in [0.05, 0.1) is 17.2 Å². The molecule has 100 valence electrons. The van der Waals surface area contributed by atoms with E-state index in [0.29, 0.717) is 17.0 Å². The maximum absolute atomic E-state index is 11.3. The average molecular weight is 267 g/mol. The summed E-state index contributed by atoms with van der Waals surface area (Å²) in [4.78, 5) is 11.3. The topological polar surface area (TPSA) is 102 Å². The molecule has 0 aliphatic rings. The third-order valence-corrected chi connectivity index (χ3v) is 2.79. The van der Waals surface area contributed by atoms with E-state index < -0.39 is 5.91 Å². The smallest absolute Gasteiger partial charge is 0.252 e. The number of anilines is 1. The highest BCUT2D eigenvalue weighted by atomic mass is 16.5. The van der Waals surface area contributed by atoms with Gasteiger partial charge in [0.25, 0.3) is 5.91 Å². The molecule has 0 aliphatic heterocycles. The van der Waals surface area contributed by atoms with Gasteiger partial charge in [-0.1, -0.05) is 18.2 Å². The Morgan fingerprint density at radius 1 is 1.25 bits per heavy atom.